The number of pyridine rings is 1. The number of nitrogens with zero attached hydrogens (tertiary/aromatic N) is 2. The molecule has 0 saturated heterocycles. The highest BCUT2D eigenvalue weighted by Crippen LogP contribution is 1.94. The molecule has 0 bridgehead atoms. The van der Waals surface area contributed by atoms with E-state index in [2.05, 4.69) is 10.5 Å². The highest BCUT2D eigenvalue weighted by atomic mass is 35.5. The number of carbonyl (C=O) groups excluding carboxylic acids is 1. The van der Waals surface area contributed by atoms with E-state index in [4.69, 9.17) is 0 Å². The van der Waals surface area contributed by atoms with Crippen molar-refractivity contribution in [3.63, 3.8) is 0 Å². The second kappa shape index (κ2) is 7.79. The Morgan fingerprint density at radius 2 is 1.88 bits per heavy atom. The van der Waals surface area contributed by atoms with Crippen molar-refractivity contribution in [2.75, 3.05) is 0 Å². The first-order chi connectivity index (χ1) is 7.59. The predicted molar refractivity (Wildman–Crippen MR) is 62.7 cm³/mol. The molecule has 0 radical (unpaired) electrons. The molecule has 0 aromatic carbocycles. The van der Waals surface area contributed by atoms with Gasteiger partial charge in [0, 0.05) is 17.8 Å². The standard InChI is InChI=1S/C12H17N3O.ClH/c1-10(2)11(3)13-14-12(16)9-15-7-5-4-6-8-15;/h4-8,10H,9H2,1-3H3;1H. The van der Waals surface area contributed by atoms with Crippen LogP contribution < -0.4 is 22.4 Å². The lowest BCUT2D eigenvalue weighted by atomic mass is 10.1. The smallest absolute Gasteiger partial charge is 0.305 e. The van der Waals surface area contributed by atoms with Crippen LogP contribution in [0.4, 0.5) is 0 Å². The Bertz CT molecular complexity index is 377. The lowest BCUT2D eigenvalue weighted by Gasteiger charge is -2.03. The van der Waals surface area contributed by atoms with Gasteiger partial charge in [0.05, 0.1) is 0 Å². The Labute approximate surface area is 108 Å². The first kappa shape index (κ1) is 15.6. The summed E-state index contributed by atoms with van der Waals surface area (Å²) in [6.07, 6.45) is 3.69. The van der Waals surface area contributed by atoms with Crippen molar-refractivity contribution < 1.29 is 21.8 Å². The van der Waals surface area contributed by atoms with E-state index in [1.165, 1.54) is 0 Å². The van der Waals surface area contributed by atoms with Gasteiger partial charge in [-0.05, 0) is 12.8 Å². The lowest BCUT2D eigenvalue weighted by Crippen LogP contribution is -3.00. The number of hydrogen-bond acceptors (Lipinski definition) is 2. The van der Waals surface area contributed by atoms with Crippen LogP contribution in [0.25, 0.3) is 0 Å². The number of hydrogen-bond donors (Lipinski definition) is 1. The number of nitrogens with one attached hydrogen (secondary N) is 1. The third-order valence-electron chi connectivity index (χ3n) is 2.30. The van der Waals surface area contributed by atoms with Crippen LogP contribution in [0.1, 0.15) is 20.8 Å². The average molecular weight is 256 g/mol. The van der Waals surface area contributed by atoms with Gasteiger partial charge >= 0.3 is 5.91 Å². The summed E-state index contributed by atoms with van der Waals surface area (Å²) in [6, 6.07) is 5.68. The zero-order valence-corrected chi connectivity index (χ0v) is 11.1. The van der Waals surface area contributed by atoms with Crippen molar-refractivity contribution in [3.8, 4) is 0 Å². The van der Waals surface area contributed by atoms with E-state index in [9.17, 15) is 4.79 Å². The third-order valence-corrected chi connectivity index (χ3v) is 2.30. The summed E-state index contributed by atoms with van der Waals surface area (Å²) in [6.45, 7) is 6.27. The molecule has 1 amide bonds. The van der Waals surface area contributed by atoms with Crippen molar-refractivity contribution in [1.29, 1.82) is 0 Å². The van der Waals surface area contributed by atoms with Crippen LogP contribution in [-0.2, 0) is 11.3 Å². The van der Waals surface area contributed by atoms with Crippen LogP contribution in [0.2, 0.25) is 0 Å². The van der Waals surface area contributed by atoms with Crippen LogP contribution in [-0.4, -0.2) is 11.6 Å². The molecule has 0 fully saturated rings. The molecule has 1 heterocycles. The Morgan fingerprint density at radius 1 is 1.29 bits per heavy atom. The number of carbonyl (C=O) groups is 1. The van der Waals surface area contributed by atoms with Gasteiger partial charge in [0.2, 0.25) is 6.54 Å². The highest BCUT2D eigenvalue weighted by molar-refractivity contribution is 5.85. The maximum Gasteiger partial charge on any atom is 0.305 e. The fourth-order valence-corrected chi connectivity index (χ4v) is 1.02. The molecule has 1 aromatic rings. The van der Waals surface area contributed by atoms with E-state index < -0.39 is 0 Å². The van der Waals surface area contributed by atoms with Crippen LogP contribution in [0.3, 0.4) is 0 Å². The molecular weight excluding hydrogens is 238 g/mol. The van der Waals surface area contributed by atoms with E-state index in [0.717, 1.165) is 5.71 Å². The second-order valence-electron chi connectivity index (χ2n) is 3.99. The van der Waals surface area contributed by atoms with Gasteiger partial charge in [0.25, 0.3) is 0 Å². The number of rotatable bonds is 4. The fourth-order valence-electron chi connectivity index (χ4n) is 1.02. The van der Waals surface area contributed by atoms with Gasteiger partial charge in [-0.15, -0.1) is 0 Å². The largest absolute Gasteiger partial charge is 1.00 e. The molecule has 0 aliphatic carbocycles. The SMILES string of the molecule is CC(=NNC(=O)C[n+]1ccccc1)C(C)C.[Cl-]. The Morgan fingerprint density at radius 3 is 2.41 bits per heavy atom. The maximum absolute atomic E-state index is 11.5. The predicted octanol–water partition coefficient (Wildman–Crippen LogP) is -1.87. The van der Waals surface area contributed by atoms with Gasteiger partial charge in [-0.3, -0.25) is 4.79 Å². The number of hydrazone groups is 1. The summed E-state index contributed by atoms with van der Waals surface area (Å²) in [5.74, 6) is 0.237. The van der Waals surface area contributed by atoms with Gasteiger partial charge in [-0.2, -0.15) is 9.67 Å². The quantitative estimate of drug-likeness (QED) is 0.382. The molecule has 0 aliphatic rings. The van der Waals surface area contributed by atoms with Crippen molar-refractivity contribution in [1.82, 2.24) is 5.43 Å². The summed E-state index contributed by atoms with van der Waals surface area (Å²) in [5.41, 5.74) is 3.46. The van der Waals surface area contributed by atoms with E-state index in [-0.39, 0.29) is 24.9 Å². The van der Waals surface area contributed by atoms with Gasteiger partial charge < -0.3 is 12.4 Å². The summed E-state index contributed by atoms with van der Waals surface area (Å²) in [5, 5.41) is 4.02. The first-order valence-electron chi connectivity index (χ1n) is 5.36. The minimum atomic E-state index is -0.115. The second-order valence-corrected chi connectivity index (χ2v) is 3.99. The molecular formula is C12H18ClN3O. The van der Waals surface area contributed by atoms with Crippen molar-refractivity contribution in [2.45, 2.75) is 27.3 Å². The number of halogens is 1. The molecule has 0 spiro atoms. The molecule has 0 atom stereocenters. The van der Waals surface area contributed by atoms with Gasteiger partial charge in [0.1, 0.15) is 0 Å². The molecule has 94 valence electrons. The van der Waals surface area contributed by atoms with Gasteiger partial charge in [-0.1, -0.05) is 19.9 Å². The van der Waals surface area contributed by atoms with E-state index in [1.807, 2.05) is 51.4 Å². The molecule has 1 N–H and O–H groups in total. The zero-order chi connectivity index (χ0) is 12.0. The molecule has 0 aliphatic heterocycles. The Hall–Kier alpha value is -1.42. The maximum atomic E-state index is 11.5. The summed E-state index contributed by atoms with van der Waals surface area (Å²) >= 11 is 0. The molecule has 0 saturated carbocycles. The molecule has 4 nitrogen and oxygen atoms in total. The van der Waals surface area contributed by atoms with Crippen LogP contribution in [0.5, 0.6) is 0 Å². The van der Waals surface area contributed by atoms with Crippen LogP contribution in [0, 0.1) is 5.92 Å². The van der Waals surface area contributed by atoms with Crippen LogP contribution >= 0.6 is 0 Å². The highest BCUT2D eigenvalue weighted by Gasteiger charge is 2.07. The molecule has 5 heteroatoms. The third kappa shape index (κ3) is 6.02. The van der Waals surface area contributed by atoms with Gasteiger partial charge in [-0.25, -0.2) is 5.43 Å². The topological polar surface area (TPSA) is 45.3 Å². The average Bonchev–Trinajstić information content (AvgIpc) is 2.27. The Balaban J connectivity index is 0.00000256. The van der Waals surface area contributed by atoms with Crippen molar-refractivity contribution in [3.05, 3.63) is 30.6 Å². The molecule has 0 unspecified atom stereocenters. The minimum Gasteiger partial charge on any atom is -1.00 e. The minimum absolute atomic E-state index is 0. The summed E-state index contributed by atoms with van der Waals surface area (Å²) in [7, 11) is 0. The summed E-state index contributed by atoms with van der Waals surface area (Å²) in [4.78, 5) is 11.5. The Kier molecular flexibility index (Phi) is 7.14. The monoisotopic (exact) mass is 255 g/mol. The van der Waals surface area contributed by atoms with Crippen molar-refractivity contribution >= 4 is 11.6 Å². The van der Waals surface area contributed by atoms with Gasteiger partial charge in [0.15, 0.2) is 12.4 Å². The van der Waals surface area contributed by atoms with Crippen LogP contribution in [0.15, 0.2) is 35.7 Å². The summed E-state index contributed by atoms with van der Waals surface area (Å²) < 4.78 is 1.80. The molecule has 1 rings (SSSR count). The van der Waals surface area contributed by atoms with E-state index in [1.54, 1.807) is 4.57 Å². The zero-order valence-electron chi connectivity index (χ0n) is 10.4. The van der Waals surface area contributed by atoms with E-state index >= 15 is 0 Å². The first-order valence-corrected chi connectivity index (χ1v) is 5.36. The number of amides is 1. The van der Waals surface area contributed by atoms with E-state index in [0.29, 0.717) is 5.92 Å². The number of aromatic nitrogens is 1. The molecule has 1 aromatic heterocycles. The fraction of sp³-hybridized carbons (Fsp3) is 0.417. The normalized spacial score (nSPS) is 10.9. The lowest BCUT2D eigenvalue weighted by molar-refractivity contribution is -0.684. The van der Waals surface area contributed by atoms with Crippen molar-refractivity contribution in [2.24, 2.45) is 11.0 Å². The molecule has 17 heavy (non-hydrogen) atoms.